The van der Waals surface area contributed by atoms with Gasteiger partial charge in [-0.2, -0.15) is 8.42 Å². The zero-order valence-electron chi connectivity index (χ0n) is 4.72. The van der Waals surface area contributed by atoms with Crippen LogP contribution in [-0.2, 0) is 10.1 Å². The van der Waals surface area contributed by atoms with E-state index in [0.717, 1.165) is 6.07 Å². The summed E-state index contributed by atoms with van der Waals surface area (Å²) in [5, 5.41) is -0.428. The average Bonchev–Trinajstić information content (AvgIpc) is 2.08. The van der Waals surface area contributed by atoms with Crippen molar-refractivity contribution < 1.29 is 17.4 Å². The van der Waals surface area contributed by atoms with Crippen LogP contribution < -0.4 is 0 Å². The molecule has 0 atom stereocenters. The molecule has 0 bridgehead atoms. The Morgan fingerprint density at radius 3 is 2.30 bits per heavy atom. The van der Waals surface area contributed by atoms with E-state index in [0.29, 0.717) is 0 Å². The van der Waals surface area contributed by atoms with Gasteiger partial charge in [-0.1, -0.05) is 0 Å². The Bertz CT molecular complexity index is 272. The van der Waals surface area contributed by atoms with E-state index in [2.05, 4.69) is 4.42 Å². The van der Waals surface area contributed by atoms with Crippen molar-refractivity contribution in [3.63, 3.8) is 0 Å². The van der Waals surface area contributed by atoms with Crippen molar-refractivity contribution in [3.05, 3.63) is 18.4 Å². The first kappa shape index (κ1) is 9.54. The van der Waals surface area contributed by atoms with Crippen molar-refractivity contribution in [2.24, 2.45) is 0 Å². The third kappa shape index (κ3) is 2.05. The van der Waals surface area contributed by atoms with Crippen LogP contribution in [-0.4, -0.2) is 13.0 Å². The maximum atomic E-state index is 10.2. The van der Waals surface area contributed by atoms with Gasteiger partial charge in [-0.15, -0.1) is 0 Å². The van der Waals surface area contributed by atoms with E-state index in [1.165, 1.54) is 12.3 Å². The van der Waals surface area contributed by atoms with Crippen LogP contribution >= 0.6 is 13.5 Å². The first-order chi connectivity index (χ1) is 4.11. The molecule has 1 N–H and O–H groups in total. The van der Waals surface area contributed by atoms with Crippen LogP contribution in [0, 0.1) is 0 Å². The molecular weight excluding hydrogens is 176 g/mol. The molecule has 0 aliphatic rings. The Morgan fingerprint density at radius 2 is 2.10 bits per heavy atom. The summed E-state index contributed by atoms with van der Waals surface area (Å²) in [6.45, 7) is 0. The lowest BCUT2D eigenvalue weighted by Gasteiger charge is -1.84. The molecule has 0 aromatic carbocycles. The molecule has 1 heterocycles. The summed E-state index contributed by atoms with van der Waals surface area (Å²) in [5.74, 6) is 0. The number of hydrogen-bond acceptors (Lipinski definition) is 3. The average molecular weight is 180 g/mol. The molecule has 0 saturated heterocycles. The highest BCUT2D eigenvalue weighted by Crippen LogP contribution is 2.06. The Hall–Kier alpha value is -0.460. The fourth-order valence-electron chi connectivity index (χ4n) is 0.410. The zero-order chi connectivity index (χ0) is 6.91. The summed E-state index contributed by atoms with van der Waals surface area (Å²) in [6.07, 6.45) is 1.17. The molecule has 4 nitrogen and oxygen atoms in total. The third-order valence-electron chi connectivity index (χ3n) is 0.749. The standard InChI is InChI=1S/C4H4O4S.S/c5-9(6,7)4-2-1-3-8-4;/h1-3H,(H,5,6,7);. The minimum atomic E-state index is -4.13. The van der Waals surface area contributed by atoms with Gasteiger partial charge in [-0.25, -0.2) is 0 Å². The van der Waals surface area contributed by atoms with Crippen molar-refractivity contribution >= 4 is 23.6 Å². The maximum Gasteiger partial charge on any atom is 0.328 e. The molecule has 0 fully saturated rings. The second kappa shape index (κ2) is 3.09. The summed E-state index contributed by atoms with van der Waals surface area (Å²) >= 11 is 0. The summed E-state index contributed by atoms with van der Waals surface area (Å²) in [7, 11) is -4.13. The SMILES string of the molecule is O=S(=O)(O)c1ccco1.[S]. The van der Waals surface area contributed by atoms with Crippen LogP contribution in [0.1, 0.15) is 0 Å². The molecule has 1 aromatic rings. The molecular formula is C4H4O4S2. The van der Waals surface area contributed by atoms with Crippen molar-refractivity contribution in [2.45, 2.75) is 5.09 Å². The first-order valence-electron chi connectivity index (χ1n) is 2.12. The fourth-order valence-corrected chi connectivity index (χ4v) is 0.838. The van der Waals surface area contributed by atoms with Gasteiger partial charge in [0.15, 0.2) is 0 Å². The first-order valence-corrected chi connectivity index (χ1v) is 3.56. The Morgan fingerprint density at radius 1 is 1.50 bits per heavy atom. The van der Waals surface area contributed by atoms with E-state index in [9.17, 15) is 8.42 Å². The van der Waals surface area contributed by atoms with Gasteiger partial charge in [0.2, 0.25) is 5.09 Å². The lowest BCUT2D eigenvalue weighted by atomic mass is 10.7. The number of furan rings is 1. The largest absolute Gasteiger partial charge is 0.451 e. The number of hydrogen-bond donors (Lipinski definition) is 1. The molecule has 0 unspecified atom stereocenters. The van der Waals surface area contributed by atoms with Crippen LogP contribution in [0.2, 0.25) is 0 Å². The van der Waals surface area contributed by atoms with Gasteiger partial charge in [-0.3, -0.25) is 4.55 Å². The molecule has 1 rings (SSSR count). The lowest BCUT2D eigenvalue weighted by molar-refractivity contribution is 0.407. The predicted molar refractivity (Wildman–Crippen MR) is 36.1 cm³/mol. The second-order valence-corrected chi connectivity index (χ2v) is 2.76. The molecule has 10 heavy (non-hydrogen) atoms. The molecule has 1 aromatic heterocycles. The molecule has 0 aliphatic heterocycles. The summed E-state index contributed by atoms with van der Waals surface area (Å²) < 4.78 is 32.9. The number of rotatable bonds is 1. The molecule has 0 spiro atoms. The van der Waals surface area contributed by atoms with Gasteiger partial charge in [0.05, 0.1) is 6.26 Å². The quantitative estimate of drug-likeness (QED) is 0.659. The van der Waals surface area contributed by atoms with Crippen LogP contribution in [0.3, 0.4) is 0 Å². The Labute approximate surface area is 65.0 Å². The van der Waals surface area contributed by atoms with E-state index >= 15 is 0 Å². The molecule has 0 amide bonds. The lowest BCUT2D eigenvalue weighted by Crippen LogP contribution is -1.94. The fraction of sp³-hybridized carbons (Fsp3) is 0. The van der Waals surface area contributed by atoms with E-state index in [4.69, 9.17) is 4.55 Å². The van der Waals surface area contributed by atoms with Gasteiger partial charge in [0.25, 0.3) is 0 Å². The minimum Gasteiger partial charge on any atom is -0.451 e. The Balaban J connectivity index is 0.000000810. The molecule has 2 radical (unpaired) electrons. The summed E-state index contributed by atoms with van der Waals surface area (Å²) in [5.41, 5.74) is 0. The van der Waals surface area contributed by atoms with Crippen molar-refractivity contribution in [3.8, 4) is 0 Å². The summed E-state index contributed by atoms with van der Waals surface area (Å²) in [6, 6.07) is 2.54. The van der Waals surface area contributed by atoms with Gasteiger partial charge < -0.3 is 4.42 Å². The molecule has 0 aliphatic carbocycles. The van der Waals surface area contributed by atoms with E-state index < -0.39 is 15.2 Å². The van der Waals surface area contributed by atoms with E-state index in [-0.39, 0.29) is 13.5 Å². The highest BCUT2D eigenvalue weighted by atomic mass is 32.2. The van der Waals surface area contributed by atoms with Crippen LogP contribution in [0.25, 0.3) is 0 Å². The van der Waals surface area contributed by atoms with Crippen LogP contribution in [0.5, 0.6) is 0 Å². The Kier molecular flexibility index (Phi) is 2.95. The monoisotopic (exact) mass is 180 g/mol. The topological polar surface area (TPSA) is 67.5 Å². The minimum absolute atomic E-state index is 0. The maximum absolute atomic E-state index is 10.2. The molecule has 56 valence electrons. The van der Waals surface area contributed by atoms with Gasteiger partial charge in [-0.05, 0) is 12.1 Å². The molecule has 0 saturated carbocycles. The molecule has 6 heteroatoms. The normalized spacial score (nSPS) is 10.5. The van der Waals surface area contributed by atoms with Crippen LogP contribution in [0.4, 0.5) is 0 Å². The highest BCUT2D eigenvalue weighted by Gasteiger charge is 2.10. The summed E-state index contributed by atoms with van der Waals surface area (Å²) in [4.78, 5) is 0. The van der Waals surface area contributed by atoms with E-state index in [1.54, 1.807) is 0 Å². The second-order valence-electron chi connectivity index (χ2n) is 1.41. The van der Waals surface area contributed by atoms with Crippen LogP contribution in [0.15, 0.2) is 27.9 Å². The predicted octanol–water partition coefficient (Wildman–Crippen LogP) is 1.17. The van der Waals surface area contributed by atoms with Crippen molar-refractivity contribution in [2.75, 3.05) is 0 Å². The third-order valence-corrected chi connectivity index (χ3v) is 1.49. The van der Waals surface area contributed by atoms with E-state index in [1.807, 2.05) is 0 Å². The van der Waals surface area contributed by atoms with Crippen molar-refractivity contribution in [1.82, 2.24) is 0 Å². The van der Waals surface area contributed by atoms with Gasteiger partial charge in [0.1, 0.15) is 0 Å². The van der Waals surface area contributed by atoms with Crippen molar-refractivity contribution in [1.29, 1.82) is 0 Å². The smallest absolute Gasteiger partial charge is 0.328 e. The highest BCUT2D eigenvalue weighted by molar-refractivity contribution is 7.85. The van der Waals surface area contributed by atoms with Gasteiger partial charge >= 0.3 is 10.1 Å². The zero-order valence-corrected chi connectivity index (χ0v) is 6.35. The van der Waals surface area contributed by atoms with Gasteiger partial charge in [0, 0.05) is 13.5 Å².